The van der Waals surface area contributed by atoms with Gasteiger partial charge >= 0.3 is 0 Å². The number of rotatable bonds is 5. The molecule has 2 aliphatic heterocycles. The number of ether oxygens (including phenoxy) is 1. The van der Waals surface area contributed by atoms with Gasteiger partial charge in [-0.3, -0.25) is 0 Å². The van der Waals surface area contributed by atoms with Crippen LogP contribution in [-0.2, 0) is 4.74 Å². The van der Waals surface area contributed by atoms with Crippen molar-refractivity contribution in [2.75, 3.05) is 68.4 Å². The number of hydrogen-bond acceptors (Lipinski definition) is 6. The Morgan fingerprint density at radius 1 is 1.04 bits per heavy atom. The van der Waals surface area contributed by atoms with E-state index in [0.717, 1.165) is 48.6 Å². The van der Waals surface area contributed by atoms with E-state index < -0.39 is 0 Å². The van der Waals surface area contributed by atoms with Gasteiger partial charge in [0, 0.05) is 31.6 Å². The number of pyridine rings is 1. The van der Waals surface area contributed by atoms with Gasteiger partial charge in [-0.05, 0) is 38.1 Å². The third-order valence-corrected chi connectivity index (χ3v) is 6.26. The van der Waals surface area contributed by atoms with Crippen LogP contribution in [0.2, 0.25) is 10.0 Å². The SMILES string of the molecule is Nc1c(N2CCOCC2)nc2cc(Cl)c(Cl)cc2c1NCCN1CCCCC1. The minimum atomic E-state index is 0.499. The van der Waals surface area contributed by atoms with Crippen molar-refractivity contribution in [3.05, 3.63) is 22.2 Å². The normalized spacial score (nSPS) is 18.6. The fraction of sp³-hybridized carbons (Fsp3) is 0.550. The standard InChI is InChI=1S/C20H27Cl2N5O/c21-15-12-14-17(13-16(15)22)25-20(27-8-10-28-11-9-27)18(23)19(14)24-4-7-26-5-2-1-3-6-26/h12-13H,1-11,23H2,(H,24,25). The van der Waals surface area contributed by atoms with Crippen LogP contribution in [0.15, 0.2) is 12.1 Å². The molecule has 4 rings (SSSR count). The molecule has 1 aromatic carbocycles. The summed E-state index contributed by atoms with van der Waals surface area (Å²) in [6.07, 6.45) is 3.92. The van der Waals surface area contributed by atoms with Crippen LogP contribution in [0, 0.1) is 0 Å². The predicted octanol–water partition coefficient (Wildman–Crippen LogP) is 3.86. The smallest absolute Gasteiger partial charge is 0.154 e. The number of halogens is 2. The van der Waals surface area contributed by atoms with Crippen molar-refractivity contribution in [2.45, 2.75) is 19.3 Å². The molecule has 0 saturated carbocycles. The van der Waals surface area contributed by atoms with Gasteiger partial charge in [0.25, 0.3) is 0 Å². The fourth-order valence-electron chi connectivity index (χ4n) is 3.99. The summed E-state index contributed by atoms with van der Waals surface area (Å²) in [5.41, 5.74) is 8.94. The number of likely N-dealkylation sites (tertiary alicyclic amines) is 1. The van der Waals surface area contributed by atoms with Crippen molar-refractivity contribution in [3.8, 4) is 0 Å². The molecular formula is C20H27Cl2N5O. The maximum absolute atomic E-state index is 6.59. The molecule has 0 radical (unpaired) electrons. The van der Waals surface area contributed by atoms with E-state index in [1.54, 1.807) is 0 Å². The topological polar surface area (TPSA) is 66.6 Å². The van der Waals surface area contributed by atoms with Crippen LogP contribution in [-0.4, -0.2) is 62.4 Å². The molecule has 8 heteroatoms. The van der Waals surface area contributed by atoms with Gasteiger partial charge in [-0.2, -0.15) is 0 Å². The average molecular weight is 424 g/mol. The van der Waals surface area contributed by atoms with Crippen LogP contribution in [0.1, 0.15) is 19.3 Å². The van der Waals surface area contributed by atoms with Crippen LogP contribution in [0.25, 0.3) is 10.9 Å². The van der Waals surface area contributed by atoms with Gasteiger partial charge in [-0.15, -0.1) is 0 Å². The molecule has 0 atom stereocenters. The molecule has 6 nitrogen and oxygen atoms in total. The molecule has 3 heterocycles. The second kappa shape index (κ2) is 8.91. The first kappa shape index (κ1) is 19.8. The van der Waals surface area contributed by atoms with Crippen LogP contribution in [0.4, 0.5) is 17.2 Å². The maximum Gasteiger partial charge on any atom is 0.154 e. The van der Waals surface area contributed by atoms with E-state index in [1.807, 2.05) is 12.1 Å². The highest BCUT2D eigenvalue weighted by Crippen LogP contribution is 2.39. The summed E-state index contributed by atoms with van der Waals surface area (Å²) >= 11 is 12.6. The van der Waals surface area contributed by atoms with E-state index in [9.17, 15) is 0 Å². The first-order valence-electron chi connectivity index (χ1n) is 10.0. The Hall–Kier alpha value is -1.47. The first-order valence-corrected chi connectivity index (χ1v) is 10.8. The van der Waals surface area contributed by atoms with Crippen molar-refractivity contribution in [1.82, 2.24) is 9.88 Å². The number of nitrogens with zero attached hydrogens (tertiary/aromatic N) is 3. The van der Waals surface area contributed by atoms with E-state index in [-0.39, 0.29) is 0 Å². The van der Waals surface area contributed by atoms with Crippen LogP contribution in [0.3, 0.4) is 0 Å². The molecule has 0 spiro atoms. The summed E-state index contributed by atoms with van der Waals surface area (Å²) in [5.74, 6) is 0.787. The summed E-state index contributed by atoms with van der Waals surface area (Å²) < 4.78 is 5.48. The first-order chi connectivity index (χ1) is 13.6. The summed E-state index contributed by atoms with van der Waals surface area (Å²) in [7, 11) is 0. The van der Waals surface area contributed by atoms with E-state index >= 15 is 0 Å². The maximum atomic E-state index is 6.59. The molecule has 3 N–H and O–H groups in total. The highest BCUT2D eigenvalue weighted by Gasteiger charge is 2.21. The number of hydrogen-bond donors (Lipinski definition) is 2. The molecule has 2 fully saturated rings. The fourth-order valence-corrected chi connectivity index (χ4v) is 4.31. The van der Waals surface area contributed by atoms with Crippen molar-refractivity contribution in [3.63, 3.8) is 0 Å². The lowest BCUT2D eigenvalue weighted by Gasteiger charge is -2.30. The van der Waals surface area contributed by atoms with Gasteiger partial charge < -0.3 is 25.6 Å². The molecule has 0 bridgehead atoms. The minimum absolute atomic E-state index is 0.499. The number of aromatic nitrogens is 1. The highest BCUT2D eigenvalue weighted by molar-refractivity contribution is 6.43. The van der Waals surface area contributed by atoms with Crippen molar-refractivity contribution < 1.29 is 4.74 Å². The zero-order valence-corrected chi connectivity index (χ0v) is 17.5. The second-order valence-electron chi connectivity index (χ2n) is 7.44. The van der Waals surface area contributed by atoms with Crippen LogP contribution < -0.4 is 16.0 Å². The number of morpholine rings is 1. The zero-order chi connectivity index (χ0) is 19.5. The van der Waals surface area contributed by atoms with Gasteiger partial charge in [0.1, 0.15) is 0 Å². The van der Waals surface area contributed by atoms with E-state index in [2.05, 4.69) is 15.1 Å². The molecule has 0 unspecified atom stereocenters. The Balaban J connectivity index is 1.64. The Labute approximate surface area is 175 Å². The van der Waals surface area contributed by atoms with Crippen molar-refractivity contribution in [1.29, 1.82) is 0 Å². The molecule has 0 aliphatic carbocycles. The number of nitrogen functional groups attached to an aromatic ring is 1. The number of benzene rings is 1. The number of fused-ring (bicyclic) bond motifs is 1. The van der Waals surface area contributed by atoms with Gasteiger partial charge in [0.15, 0.2) is 5.82 Å². The van der Waals surface area contributed by atoms with Crippen molar-refractivity contribution >= 4 is 51.3 Å². The predicted molar refractivity (Wildman–Crippen MR) is 118 cm³/mol. The lowest BCUT2D eigenvalue weighted by Crippen LogP contribution is -2.37. The summed E-state index contributed by atoms with van der Waals surface area (Å²) in [6.45, 7) is 7.08. The van der Waals surface area contributed by atoms with Gasteiger partial charge in [0.05, 0.1) is 40.2 Å². The van der Waals surface area contributed by atoms with Crippen LogP contribution >= 0.6 is 23.2 Å². The van der Waals surface area contributed by atoms with Gasteiger partial charge in [0.2, 0.25) is 0 Å². The third kappa shape index (κ3) is 4.25. The molecule has 152 valence electrons. The van der Waals surface area contributed by atoms with Gasteiger partial charge in [-0.25, -0.2) is 4.98 Å². The Bertz CT molecular complexity index is 835. The Morgan fingerprint density at radius 3 is 2.50 bits per heavy atom. The largest absolute Gasteiger partial charge is 0.394 e. The highest BCUT2D eigenvalue weighted by atomic mass is 35.5. The van der Waals surface area contributed by atoms with E-state index in [1.165, 1.54) is 32.4 Å². The molecule has 2 saturated heterocycles. The second-order valence-corrected chi connectivity index (χ2v) is 8.25. The van der Waals surface area contributed by atoms with Crippen LogP contribution in [0.5, 0.6) is 0 Å². The molecular weight excluding hydrogens is 397 g/mol. The molecule has 0 amide bonds. The Kier molecular flexibility index (Phi) is 6.31. The number of anilines is 3. The molecule has 2 aromatic rings. The number of nitrogens with one attached hydrogen (secondary N) is 1. The number of piperidine rings is 1. The summed E-state index contributed by atoms with van der Waals surface area (Å²) in [4.78, 5) is 9.49. The molecule has 28 heavy (non-hydrogen) atoms. The molecule has 1 aromatic heterocycles. The van der Waals surface area contributed by atoms with Gasteiger partial charge in [-0.1, -0.05) is 29.6 Å². The lowest BCUT2D eigenvalue weighted by molar-refractivity contribution is 0.122. The third-order valence-electron chi connectivity index (χ3n) is 5.53. The van der Waals surface area contributed by atoms with Crippen molar-refractivity contribution in [2.24, 2.45) is 0 Å². The Morgan fingerprint density at radius 2 is 1.75 bits per heavy atom. The zero-order valence-electron chi connectivity index (χ0n) is 16.0. The molecule has 2 aliphatic rings. The quantitative estimate of drug-likeness (QED) is 0.760. The van der Waals surface area contributed by atoms with E-state index in [4.69, 9.17) is 38.7 Å². The summed E-state index contributed by atoms with van der Waals surface area (Å²) in [5, 5.41) is 5.47. The number of nitrogens with two attached hydrogens (primary N) is 1. The average Bonchev–Trinajstić information content (AvgIpc) is 2.72. The lowest BCUT2D eigenvalue weighted by atomic mass is 10.1. The monoisotopic (exact) mass is 423 g/mol. The van der Waals surface area contributed by atoms with E-state index in [0.29, 0.717) is 28.9 Å². The summed E-state index contributed by atoms with van der Waals surface area (Å²) in [6, 6.07) is 3.67. The minimum Gasteiger partial charge on any atom is -0.394 e.